The first-order valence-electron chi connectivity index (χ1n) is 7.01. The Hall–Kier alpha value is -0.120. The number of ether oxygens (including phenoxy) is 1. The molecule has 3 nitrogen and oxygen atoms in total. The van der Waals surface area contributed by atoms with Crippen molar-refractivity contribution >= 4 is 0 Å². The van der Waals surface area contributed by atoms with Crippen LogP contribution in [-0.4, -0.2) is 39.4 Å². The van der Waals surface area contributed by atoms with Gasteiger partial charge in [-0.2, -0.15) is 0 Å². The van der Waals surface area contributed by atoms with E-state index in [1.807, 2.05) is 7.11 Å². The SMILES string of the molecule is COCC1(CNC2CCC2(C)C)CCNCC1. The largest absolute Gasteiger partial charge is 0.384 e. The molecule has 1 saturated heterocycles. The predicted molar refractivity (Wildman–Crippen MR) is 71.2 cm³/mol. The molecule has 0 aromatic heterocycles. The minimum atomic E-state index is 0.367. The Balaban J connectivity index is 1.85. The molecule has 100 valence electrons. The molecule has 1 unspecified atom stereocenters. The lowest BCUT2D eigenvalue weighted by Crippen LogP contribution is -2.55. The van der Waals surface area contributed by atoms with Crippen LogP contribution in [0.15, 0.2) is 0 Å². The predicted octanol–water partition coefficient (Wildman–Crippen LogP) is 1.78. The highest BCUT2D eigenvalue weighted by atomic mass is 16.5. The molecule has 17 heavy (non-hydrogen) atoms. The molecule has 2 aliphatic rings. The zero-order valence-corrected chi connectivity index (χ0v) is 11.6. The van der Waals surface area contributed by atoms with Crippen molar-refractivity contribution in [2.75, 3.05) is 33.4 Å². The highest BCUT2D eigenvalue weighted by molar-refractivity contribution is 4.96. The summed E-state index contributed by atoms with van der Waals surface area (Å²) in [4.78, 5) is 0. The highest BCUT2D eigenvalue weighted by Gasteiger charge is 2.40. The Morgan fingerprint density at radius 1 is 1.24 bits per heavy atom. The molecule has 0 aromatic rings. The molecular formula is C14H28N2O. The third-order valence-corrected chi connectivity index (χ3v) is 4.86. The molecule has 1 aliphatic carbocycles. The van der Waals surface area contributed by atoms with Crippen molar-refractivity contribution in [1.29, 1.82) is 0 Å². The molecule has 1 heterocycles. The molecule has 0 radical (unpaired) electrons. The van der Waals surface area contributed by atoms with Gasteiger partial charge in [-0.15, -0.1) is 0 Å². The highest BCUT2D eigenvalue weighted by Crippen LogP contribution is 2.40. The van der Waals surface area contributed by atoms with E-state index in [9.17, 15) is 0 Å². The first-order valence-corrected chi connectivity index (χ1v) is 7.01. The van der Waals surface area contributed by atoms with Gasteiger partial charge in [0.1, 0.15) is 0 Å². The van der Waals surface area contributed by atoms with Crippen molar-refractivity contribution in [2.45, 2.75) is 45.6 Å². The Bertz CT molecular complexity index is 241. The van der Waals surface area contributed by atoms with Crippen molar-refractivity contribution in [1.82, 2.24) is 10.6 Å². The van der Waals surface area contributed by atoms with Crippen LogP contribution in [0.1, 0.15) is 39.5 Å². The van der Waals surface area contributed by atoms with Crippen molar-refractivity contribution in [3.63, 3.8) is 0 Å². The topological polar surface area (TPSA) is 33.3 Å². The average molecular weight is 240 g/mol. The summed E-state index contributed by atoms with van der Waals surface area (Å²) in [5, 5.41) is 7.24. The second kappa shape index (κ2) is 5.25. The summed E-state index contributed by atoms with van der Waals surface area (Å²) in [6.45, 7) is 9.04. The van der Waals surface area contributed by atoms with E-state index in [4.69, 9.17) is 4.74 Å². The fourth-order valence-electron chi connectivity index (χ4n) is 3.22. The molecule has 0 spiro atoms. The molecule has 1 saturated carbocycles. The lowest BCUT2D eigenvalue weighted by atomic mass is 9.67. The summed E-state index contributed by atoms with van der Waals surface area (Å²) < 4.78 is 5.45. The third kappa shape index (κ3) is 3.01. The molecule has 1 atom stereocenters. The van der Waals surface area contributed by atoms with Gasteiger partial charge < -0.3 is 15.4 Å². The van der Waals surface area contributed by atoms with E-state index in [-0.39, 0.29) is 0 Å². The van der Waals surface area contributed by atoms with E-state index in [0.717, 1.165) is 26.2 Å². The summed E-state index contributed by atoms with van der Waals surface area (Å²) in [6.07, 6.45) is 5.18. The van der Waals surface area contributed by atoms with Gasteiger partial charge in [0.15, 0.2) is 0 Å². The van der Waals surface area contributed by atoms with Crippen LogP contribution in [0.25, 0.3) is 0 Å². The van der Waals surface area contributed by atoms with Gasteiger partial charge in [0.25, 0.3) is 0 Å². The van der Waals surface area contributed by atoms with Gasteiger partial charge in [-0.05, 0) is 44.2 Å². The number of hydrogen-bond donors (Lipinski definition) is 2. The molecule has 0 amide bonds. The van der Waals surface area contributed by atoms with Gasteiger partial charge in [-0.1, -0.05) is 13.8 Å². The maximum atomic E-state index is 5.45. The molecule has 2 rings (SSSR count). The first kappa shape index (κ1) is 13.3. The van der Waals surface area contributed by atoms with E-state index in [1.165, 1.54) is 25.7 Å². The lowest BCUT2D eigenvalue weighted by Gasteiger charge is -2.47. The second-order valence-electron chi connectivity index (χ2n) is 6.64. The summed E-state index contributed by atoms with van der Waals surface area (Å²) in [7, 11) is 1.83. The van der Waals surface area contributed by atoms with E-state index >= 15 is 0 Å². The van der Waals surface area contributed by atoms with Gasteiger partial charge in [0.05, 0.1) is 6.61 Å². The number of nitrogens with one attached hydrogen (secondary N) is 2. The zero-order valence-electron chi connectivity index (χ0n) is 11.6. The third-order valence-electron chi connectivity index (χ3n) is 4.86. The molecular weight excluding hydrogens is 212 g/mol. The van der Waals surface area contributed by atoms with Crippen LogP contribution in [0.5, 0.6) is 0 Å². The van der Waals surface area contributed by atoms with Gasteiger partial charge in [0.2, 0.25) is 0 Å². The standard InChI is InChI=1S/C14H28N2O/c1-13(2)5-4-12(13)16-10-14(11-17-3)6-8-15-9-7-14/h12,15-16H,4-11H2,1-3H3. The minimum Gasteiger partial charge on any atom is -0.384 e. The Labute approximate surface area is 106 Å². The van der Waals surface area contributed by atoms with Crippen molar-refractivity contribution in [2.24, 2.45) is 10.8 Å². The summed E-state index contributed by atoms with van der Waals surface area (Å²) in [5.41, 5.74) is 0.868. The molecule has 2 fully saturated rings. The summed E-state index contributed by atoms with van der Waals surface area (Å²) in [6, 6.07) is 0.714. The van der Waals surface area contributed by atoms with Crippen LogP contribution in [0.3, 0.4) is 0 Å². The van der Waals surface area contributed by atoms with Crippen molar-refractivity contribution < 1.29 is 4.74 Å². The van der Waals surface area contributed by atoms with Crippen LogP contribution in [0.2, 0.25) is 0 Å². The first-order chi connectivity index (χ1) is 8.08. The Kier molecular flexibility index (Phi) is 4.11. The summed E-state index contributed by atoms with van der Waals surface area (Å²) in [5.74, 6) is 0. The number of rotatable bonds is 5. The van der Waals surface area contributed by atoms with E-state index in [1.54, 1.807) is 0 Å². The second-order valence-corrected chi connectivity index (χ2v) is 6.64. The quantitative estimate of drug-likeness (QED) is 0.768. The minimum absolute atomic E-state index is 0.367. The van der Waals surface area contributed by atoms with E-state index < -0.39 is 0 Å². The monoisotopic (exact) mass is 240 g/mol. The zero-order chi connectivity index (χ0) is 12.4. The molecule has 2 N–H and O–H groups in total. The lowest BCUT2D eigenvalue weighted by molar-refractivity contribution is 0.0331. The van der Waals surface area contributed by atoms with Crippen LogP contribution in [-0.2, 0) is 4.74 Å². The fraction of sp³-hybridized carbons (Fsp3) is 1.00. The van der Waals surface area contributed by atoms with Crippen LogP contribution in [0, 0.1) is 10.8 Å². The molecule has 0 bridgehead atoms. The van der Waals surface area contributed by atoms with Gasteiger partial charge >= 0.3 is 0 Å². The van der Waals surface area contributed by atoms with Crippen molar-refractivity contribution in [3.8, 4) is 0 Å². The number of methoxy groups -OCH3 is 1. The van der Waals surface area contributed by atoms with E-state index in [2.05, 4.69) is 24.5 Å². The maximum Gasteiger partial charge on any atom is 0.0531 e. The van der Waals surface area contributed by atoms with Crippen LogP contribution in [0.4, 0.5) is 0 Å². The Morgan fingerprint density at radius 3 is 2.41 bits per heavy atom. The van der Waals surface area contributed by atoms with Gasteiger partial charge in [-0.3, -0.25) is 0 Å². The Morgan fingerprint density at radius 2 is 1.94 bits per heavy atom. The van der Waals surface area contributed by atoms with Gasteiger partial charge in [0, 0.05) is 25.1 Å². The fourth-order valence-corrected chi connectivity index (χ4v) is 3.22. The van der Waals surface area contributed by atoms with Gasteiger partial charge in [-0.25, -0.2) is 0 Å². The average Bonchev–Trinajstić information content (AvgIpc) is 2.29. The molecule has 0 aromatic carbocycles. The number of piperidine rings is 1. The maximum absolute atomic E-state index is 5.45. The molecule has 1 aliphatic heterocycles. The summed E-state index contributed by atoms with van der Waals surface area (Å²) >= 11 is 0. The number of hydrogen-bond acceptors (Lipinski definition) is 3. The molecule has 3 heteroatoms. The van der Waals surface area contributed by atoms with Crippen LogP contribution >= 0.6 is 0 Å². The van der Waals surface area contributed by atoms with Crippen LogP contribution < -0.4 is 10.6 Å². The van der Waals surface area contributed by atoms with E-state index in [0.29, 0.717) is 16.9 Å². The smallest absolute Gasteiger partial charge is 0.0531 e. The van der Waals surface area contributed by atoms with Crippen molar-refractivity contribution in [3.05, 3.63) is 0 Å². The normalized spacial score (nSPS) is 30.9.